The minimum Gasteiger partial charge on any atom is -0.469 e. The van der Waals surface area contributed by atoms with Crippen LogP contribution < -0.4 is 16.4 Å². The molecule has 0 spiro atoms. The standard InChI is InChI=1S/C16H30N2O2.C10H18N2O4.C4H11N.C4H5O2.C2H6N2/c1-3-5-6-7-8-16(20)10-12-18-13-17(14-18)11-9-15(19)4-2;1-15-9(13)3-5-11-7-12(8-11)6-4-10(14)16-2;1-2-3-4-5;1-3-4(5)6-2;1-3-2-4-1/h3-14H2,1-2H3;3-8H2,1-2H3;2-5H2,1H3;1,3H,2H3;3-4H,1-2H2/q;;;+1;. The predicted molar refractivity (Wildman–Crippen MR) is 199 cm³/mol. The van der Waals surface area contributed by atoms with Gasteiger partial charge in [0.25, 0.3) is 0 Å². The zero-order chi connectivity index (χ0) is 38.7. The van der Waals surface area contributed by atoms with Crippen LogP contribution in [0.2, 0.25) is 0 Å². The summed E-state index contributed by atoms with van der Waals surface area (Å²) in [6.07, 6.45) is 11.5. The number of unbranched alkanes of at least 4 members (excludes halogenated alkanes) is 4. The highest BCUT2D eigenvalue weighted by Gasteiger charge is 2.25. The van der Waals surface area contributed by atoms with Gasteiger partial charge in [-0.3, -0.25) is 49.4 Å². The van der Waals surface area contributed by atoms with E-state index in [1.807, 2.05) is 6.92 Å². The summed E-state index contributed by atoms with van der Waals surface area (Å²) in [4.78, 5) is 63.2. The van der Waals surface area contributed by atoms with Crippen LogP contribution >= 0.6 is 0 Å². The second kappa shape index (κ2) is 35.5. The van der Waals surface area contributed by atoms with E-state index in [1.54, 1.807) is 0 Å². The molecule has 3 saturated heterocycles. The Morgan fingerprint density at radius 1 is 0.608 bits per heavy atom. The lowest BCUT2D eigenvalue weighted by atomic mass is 10.1. The van der Waals surface area contributed by atoms with Crippen LogP contribution in [0.3, 0.4) is 0 Å². The zero-order valence-corrected chi connectivity index (χ0v) is 32.6. The number of nitrogens with two attached hydrogens (primary N) is 1. The molecule has 0 saturated carbocycles. The minimum atomic E-state index is -0.505. The van der Waals surface area contributed by atoms with Crippen LogP contribution in [0.4, 0.5) is 0 Å². The lowest BCUT2D eigenvalue weighted by Crippen LogP contribution is -2.55. The van der Waals surface area contributed by atoms with Gasteiger partial charge >= 0.3 is 17.9 Å². The number of hydrogen-bond donors (Lipinski definition) is 3. The van der Waals surface area contributed by atoms with Crippen molar-refractivity contribution >= 4 is 29.5 Å². The Bertz CT molecular complexity index is 895. The number of Topliss-reactive ketones (excluding diaryl/α,β-unsaturated/α-hetero) is 2. The summed E-state index contributed by atoms with van der Waals surface area (Å²) in [5, 5.41) is 6.00. The van der Waals surface area contributed by atoms with E-state index < -0.39 is 5.97 Å². The number of carbonyl (C=O) groups excluding carboxylic acids is 5. The van der Waals surface area contributed by atoms with Crippen LogP contribution in [0.15, 0.2) is 6.08 Å². The molecule has 0 bridgehead atoms. The first kappa shape index (κ1) is 50.2. The van der Waals surface area contributed by atoms with Crippen molar-refractivity contribution in [2.75, 3.05) is 94.1 Å². The molecule has 4 N–H and O–H groups in total. The normalized spacial score (nSPS) is 15.0. The molecule has 0 atom stereocenters. The molecule has 51 heavy (non-hydrogen) atoms. The van der Waals surface area contributed by atoms with Crippen LogP contribution in [0.1, 0.15) is 97.8 Å². The van der Waals surface area contributed by atoms with Gasteiger partial charge in [0.1, 0.15) is 18.7 Å². The molecule has 3 aliphatic rings. The maximum atomic E-state index is 11.7. The molecule has 0 aliphatic carbocycles. The van der Waals surface area contributed by atoms with E-state index in [2.05, 4.69) is 64.9 Å². The van der Waals surface area contributed by atoms with Gasteiger partial charge in [0.2, 0.25) is 6.08 Å². The van der Waals surface area contributed by atoms with E-state index in [0.29, 0.717) is 56.8 Å². The Morgan fingerprint density at radius 2 is 1.02 bits per heavy atom. The van der Waals surface area contributed by atoms with Crippen molar-refractivity contribution in [1.82, 2.24) is 30.2 Å². The summed E-state index contributed by atoms with van der Waals surface area (Å²) in [7, 11) is 4.05. The highest BCUT2D eigenvalue weighted by Crippen LogP contribution is 2.12. The van der Waals surface area contributed by atoms with Crippen LogP contribution in [-0.2, 0) is 38.2 Å². The second-order valence-electron chi connectivity index (χ2n) is 12.2. The molecule has 296 valence electrons. The first-order valence-corrected chi connectivity index (χ1v) is 18.3. The molecule has 15 nitrogen and oxygen atoms in total. The Kier molecular flexibility index (Phi) is 35.0. The Hall–Kier alpha value is -2.88. The number of carbonyl (C=O) groups is 5. The SMILES string of the molecule is C1NCN1.CCCCCCC(=O)CCN1CN(CCC(=O)CC)C1.CCCCN.COC(=O)CCN1CN(CCC(=O)OC)C1.[CH+]=CC(=O)OC. The van der Waals surface area contributed by atoms with Gasteiger partial charge in [-0.25, -0.2) is 0 Å². The Labute approximate surface area is 307 Å². The molecule has 3 aliphatic heterocycles. The van der Waals surface area contributed by atoms with Gasteiger partial charge in [0.15, 0.2) is 0 Å². The summed E-state index contributed by atoms with van der Waals surface area (Å²) in [5.41, 5.74) is 5.14. The largest absolute Gasteiger partial charge is 0.483 e. The lowest BCUT2D eigenvalue weighted by Gasteiger charge is -2.42. The Balaban J connectivity index is 0. The summed E-state index contributed by atoms with van der Waals surface area (Å²) < 4.78 is 13.2. The first-order valence-electron chi connectivity index (χ1n) is 18.3. The van der Waals surface area contributed by atoms with E-state index in [0.717, 1.165) is 78.6 Å². The van der Waals surface area contributed by atoms with Crippen molar-refractivity contribution < 1.29 is 38.2 Å². The number of esters is 3. The molecule has 3 fully saturated rings. The Morgan fingerprint density at radius 3 is 1.29 bits per heavy atom. The molecule has 0 aromatic rings. The molecule has 0 aromatic carbocycles. The average Bonchev–Trinajstić information content (AvgIpc) is 3.07. The molecular formula is C36H70N7O8+. The molecule has 0 unspecified atom stereocenters. The minimum absolute atomic E-state index is 0.187. The van der Waals surface area contributed by atoms with Crippen molar-refractivity contribution in [2.45, 2.75) is 97.8 Å². The predicted octanol–water partition coefficient (Wildman–Crippen LogP) is 2.45. The van der Waals surface area contributed by atoms with Crippen LogP contribution in [-0.4, -0.2) is 143 Å². The number of hydrogen-bond acceptors (Lipinski definition) is 15. The van der Waals surface area contributed by atoms with Crippen molar-refractivity contribution in [3.05, 3.63) is 12.7 Å². The van der Waals surface area contributed by atoms with Crippen LogP contribution in [0.5, 0.6) is 0 Å². The van der Waals surface area contributed by atoms with E-state index in [4.69, 9.17) is 5.73 Å². The maximum Gasteiger partial charge on any atom is 0.483 e. The third kappa shape index (κ3) is 31.6. The van der Waals surface area contributed by atoms with E-state index in [1.165, 1.54) is 53.4 Å². The highest BCUT2D eigenvalue weighted by atomic mass is 16.5. The molecule has 3 rings (SSSR count). The molecule has 0 aromatic heterocycles. The monoisotopic (exact) mass is 729 g/mol. The third-order valence-electron chi connectivity index (χ3n) is 7.83. The fraction of sp³-hybridized carbons (Fsp3) is 0.806. The fourth-order valence-electron chi connectivity index (χ4n) is 4.33. The van der Waals surface area contributed by atoms with Gasteiger partial charge in [0.05, 0.1) is 60.3 Å². The highest BCUT2D eigenvalue weighted by molar-refractivity contribution is 5.80. The molecule has 0 amide bonds. The summed E-state index contributed by atoms with van der Waals surface area (Å²) in [6, 6.07) is 0. The van der Waals surface area contributed by atoms with Gasteiger partial charge in [-0.15, -0.1) is 4.79 Å². The quantitative estimate of drug-likeness (QED) is 0.0516. The van der Waals surface area contributed by atoms with Crippen LogP contribution in [0, 0.1) is 6.58 Å². The van der Waals surface area contributed by atoms with Gasteiger partial charge in [-0.1, -0.05) is 46.5 Å². The number of rotatable bonds is 21. The van der Waals surface area contributed by atoms with Crippen LogP contribution in [0.25, 0.3) is 0 Å². The van der Waals surface area contributed by atoms with Gasteiger partial charge in [0, 0.05) is 65.2 Å². The molecule has 15 heteroatoms. The fourth-order valence-corrected chi connectivity index (χ4v) is 4.33. The number of nitrogens with one attached hydrogen (secondary N) is 2. The zero-order valence-electron chi connectivity index (χ0n) is 32.6. The summed E-state index contributed by atoms with van der Waals surface area (Å²) in [6.45, 7) is 20.4. The van der Waals surface area contributed by atoms with E-state index in [-0.39, 0.29) is 11.9 Å². The van der Waals surface area contributed by atoms with E-state index in [9.17, 15) is 24.0 Å². The topological polar surface area (TPSA) is 176 Å². The van der Waals surface area contributed by atoms with E-state index >= 15 is 0 Å². The third-order valence-corrected chi connectivity index (χ3v) is 7.83. The number of nitrogens with zero attached hydrogens (tertiary/aromatic N) is 4. The van der Waals surface area contributed by atoms with Gasteiger partial charge in [-0.2, -0.15) is 0 Å². The van der Waals surface area contributed by atoms with Crippen molar-refractivity contribution in [3.8, 4) is 0 Å². The number of methoxy groups -OCH3 is 3. The maximum absolute atomic E-state index is 11.7. The first-order chi connectivity index (χ1) is 24.5. The summed E-state index contributed by atoms with van der Waals surface area (Å²) in [5.74, 6) is -0.137. The lowest BCUT2D eigenvalue weighted by molar-refractivity contribution is -0.143. The molecule has 3 heterocycles. The average molecular weight is 729 g/mol. The number of ketones is 2. The number of ether oxygens (including phenoxy) is 3. The second-order valence-corrected chi connectivity index (χ2v) is 12.2. The van der Waals surface area contributed by atoms with Gasteiger partial charge < -0.3 is 19.9 Å². The molecule has 0 radical (unpaired) electrons. The summed E-state index contributed by atoms with van der Waals surface area (Å²) >= 11 is 0. The van der Waals surface area contributed by atoms with Gasteiger partial charge in [-0.05, 0) is 19.4 Å². The van der Waals surface area contributed by atoms with Crippen molar-refractivity contribution in [3.63, 3.8) is 0 Å². The van der Waals surface area contributed by atoms with Crippen molar-refractivity contribution in [2.24, 2.45) is 5.73 Å². The van der Waals surface area contributed by atoms with Crippen molar-refractivity contribution in [1.29, 1.82) is 0 Å². The smallest absolute Gasteiger partial charge is 0.469 e. The molecular weight excluding hydrogens is 658 g/mol.